The van der Waals surface area contributed by atoms with E-state index < -0.39 is 0 Å². The summed E-state index contributed by atoms with van der Waals surface area (Å²) in [5.74, 6) is 2.05. The monoisotopic (exact) mass is 334 g/mol. The number of likely N-dealkylation sites (N-methyl/N-ethyl adjacent to an activating group) is 1. The van der Waals surface area contributed by atoms with E-state index in [9.17, 15) is 4.79 Å². The fourth-order valence-electron chi connectivity index (χ4n) is 4.74. The number of rotatable bonds is 1. The first-order valence-corrected chi connectivity index (χ1v) is 9.17. The van der Waals surface area contributed by atoms with Gasteiger partial charge in [-0.15, -0.1) is 0 Å². The third kappa shape index (κ3) is 2.47. The molecule has 0 N–H and O–H groups in total. The molecule has 128 valence electrons. The van der Waals surface area contributed by atoms with Gasteiger partial charge in [-0.25, -0.2) is 0 Å². The van der Waals surface area contributed by atoms with Crippen LogP contribution in [0.1, 0.15) is 29.0 Å². The molecule has 0 spiro atoms. The lowest BCUT2D eigenvalue weighted by atomic mass is 9.78. The predicted molar refractivity (Wildman–Crippen MR) is 97.2 cm³/mol. The van der Waals surface area contributed by atoms with Gasteiger partial charge in [0.2, 0.25) is 0 Å². The fourth-order valence-corrected chi connectivity index (χ4v) is 4.74. The van der Waals surface area contributed by atoms with Gasteiger partial charge in [-0.1, -0.05) is 12.1 Å². The maximum atomic E-state index is 12.9. The van der Waals surface area contributed by atoms with Crippen molar-refractivity contribution in [3.63, 3.8) is 0 Å². The predicted octanol–water partition coefficient (Wildman–Crippen LogP) is 2.64. The third-order valence-electron chi connectivity index (χ3n) is 6.04. The molecule has 0 saturated carbocycles. The molecule has 0 bridgehead atoms. The molecule has 1 aliphatic carbocycles. The zero-order valence-electron chi connectivity index (χ0n) is 14.5. The van der Waals surface area contributed by atoms with Crippen LogP contribution in [0.25, 0.3) is 11.3 Å². The van der Waals surface area contributed by atoms with E-state index in [1.165, 1.54) is 11.1 Å². The van der Waals surface area contributed by atoms with Crippen LogP contribution in [-0.4, -0.2) is 36.6 Å². The van der Waals surface area contributed by atoms with Crippen LogP contribution in [0.5, 0.6) is 5.75 Å². The average Bonchev–Trinajstić information content (AvgIpc) is 3.18. The highest BCUT2D eigenvalue weighted by molar-refractivity contribution is 5.63. The van der Waals surface area contributed by atoms with Gasteiger partial charge in [0.1, 0.15) is 5.75 Å². The van der Waals surface area contributed by atoms with Crippen LogP contribution in [0.4, 0.5) is 0 Å². The van der Waals surface area contributed by atoms with E-state index in [0.29, 0.717) is 11.8 Å². The van der Waals surface area contributed by atoms with Gasteiger partial charge in [-0.05, 0) is 43.0 Å². The highest BCUT2D eigenvalue weighted by atomic mass is 16.5. The van der Waals surface area contributed by atoms with E-state index >= 15 is 0 Å². The number of ether oxygens (including phenoxy) is 1. The van der Waals surface area contributed by atoms with Gasteiger partial charge in [0, 0.05) is 48.8 Å². The Kier molecular flexibility index (Phi) is 3.42. The number of hydrogen-bond acceptors (Lipinski definition) is 4. The molecular weight excluding hydrogens is 312 g/mol. The van der Waals surface area contributed by atoms with Crippen LogP contribution in [0.2, 0.25) is 0 Å². The van der Waals surface area contributed by atoms with E-state index in [1.54, 1.807) is 6.07 Å². The van der Waals surface area contributed by atoms with Crippen molar-refractivity contribution >= 4 is 0 Å². The number of aromatic nitrogens is 1. The topological polar surface area (TPSA) is 42.4 Å². The summed E-state index contributed by atoms with van der Waals surface area (Å²) in [5.41, 5.74) is 5.24. The lowest BCUT2D eigenvalue weighted by molar-refractivity contribution is 0.357. The number of hydrogen-bond donors (Lipinski definition) is 0. The van der Waals surface area contributed by atoms with Crippen LogP contribution >= 0.6 is 0 Å². The van der Waals surface area contributed by atoms with Crippen LogP contribution in [0, 0.1) is 5.92 Å². The van der Waals surface area contributed by atoms with Crippen molar-refractivity contribution in [3.8, 4) is 17.0 Å². The number of likely N-dealkylation sites (tertiary alicyclic amines) is 1. The Morgan fingerprint density at radius 2 is 2.12 bits per heavy atom. The Bertz CT molecular complexity index is 909. The molecule has 1 fully saturated rings. The molecule has 0 amide bonds. The zero-order chi connectivity index (χ0) is 17.0. The van der Waals surface area contributed by atoms with Crippen molar-refractivity contribution in [2.75, 3.05) is 26.7 Å². The first-order chi connectivity index (χ1) is 12.2. The van der Waals surface area contributed by atoms with Crippen molar-refractivity contribution in [2.45, 2.75) is 25.2 Å². The van der Waals surface area contributed by atoms with Crippen LogP contribution in [0.15, 0.2) is 35.3 Å². The third-order valence-corrected chi connectivity index (χ3v) is 6.04. The molecule has 1 aromatic carbocycles. The second kappa shape index (κ2) is 5.67. The fraction of sp³-hybridized carbons (Fsp3) is 0.429. The van der Waals surface area contributed by atoms with Crippen molar-refractivity contribution in [1.29, 1.82) is 0 Å². The second-order valence-electron chi connectivity index (χ2n) is 7.63. The van der Waals surface area contributed by atoms with Crippen LogP contribution < -0.4 is 10.2 Å². The number of fused-ring (bicyclic) bond motifs is 4. The van der Waals surface area contributed by atoms with Crippen molar-refractivity contribution in [3.05, 3.63) is 57.4 Å². The minimum atomic E-state index is 0.136. The summed E-state index contributed by atoms with van der Waals surface area (Å²) in [7, 11) is 2.17. The van der Waals surface area contributed by atoms with Gasteiger partial charge in [0.05, 0.1) is 12.3 Å². The summed E-state index contributed by atoms with van der Waals surface area (Å²) in [6.07, 6.45) is 4.93. The molecule has 1 saturated heterocycles. The molecule has 1 unspecified atom stereocenters. The first kappa shape index (κ1) is 15.1. The van der Waals surface area contributed by atoms with Crippen LogP contribution in [0.3, 0.4) is 0 Å². The molecule has 4 nitrogen and oxygen atoms in total. The molecule has 2 aromatic rings. The summed E-state index contributed by atoms with van der Waals surface area (Å²) >= 11 is 0. The van der Waals surface area contributed by atoms with Crippen molar-refractivity contribution in [1.82, 2.24) is 9.88 Å². The molecule has 2 atom stereocenters. The Balaban J connectivity index is 1.61. The van der Waals surface area contributed by atoms with E-state index in [1.807, 2.05) is 12.3 Å². The molecule has 3 heterocycles. The lowest BCUT2D eigenvalue weighted by Gasteiger charge is -2.25. The van der Waals surface area contributed by atoms with E-state index in [2.05, 4.69) is 24.1 Å². The van der Waals surface area contributed by atoms with Gasteiger partial charge in [-0.2, -0.15) is 0 Å². The first-order valence-electron chi connectivity index (χ1n) is 9.17. The normalized spacial score (nSPS) is 24.4. The maximum Gasteiger partial charge on any atom is 0.184 e. The van der Waals surface area contributed by atoms with E-state index in [0.717, 1.165) is 61.5 Å². The summed E-state index contributed by atoms with van der Waals surface area (Å²) in [6.45, 7) is 2.91. The Morgan fingerprint density at radius 3 is 3.04 bits per heavy atom. The van der Waals surface area contributed by atoms with Crippen molar-refractivity contribution in [2.24, 2.45) is 5.92 Å². The highest BCUT2D eigenvalue weighted by Crippen LogP contribution is 2.39. The molecule has 0 radical (unpaired) electrons. The molecule has 3 aliphatic rings. The van der Waals surface area contributed by atoms with Gasteiger partial charge >= 0.3 is 0 Å². The Labute approximate surface area is 147 Å². The molecular formula is C21H22N2O2. The quantitative estimate of drug-likeness (QED) is 0.804. The second-order valence-corrected chi connectivity index (χ2v) is 7.63. The van der Waals surface area contributed by atoms with Crippen molar-refractivity contribution < 1.29 is 4.74 Å². The molecule has 4 heteroatoms. The lowest BCUT2D eigenvalue weighted by Crippen LogP contribution is -2.22. The minimum absolute atomic E-state index is 0.136. The van der Waals surface area contributed by atoms with Crippen LogP contribution in [-0.2, 0) is 12.8 Å². The smallest absolute Gasteiger partial charge is 0.184 e. The minimum Gasteiger partial charge on any atom is -0.493 e. The molecule has 5 rings (SSSR count). The number of nitrogens with zero attached hydrogens (tertiary/aromatic N) is 2. The molecule has 2 aliphatic heterocycles. The standard InChI is InChI=1S/C21H22N2O2/c1-23-11-15-4-5-16-17(18(15)12-23)10-22-19(9-20(16)24)14-3-2-13-6-7-25-21(13)8-14/h2-3,8-10,15,18H,4-7,11-12H2,1H3/t15?,18-/m0/s1. The summed E-state index contributed by atoms with van der Waals surface area (Å²) in [5, 5.41) is 0. The maximum absolute atomic E-state index is 12.9. The zero-order valence-corrected chi connectivity index (χ0v) is 14.5. The molecule has 25 heavy (non-hydrogen) atoms. The average molecular weight is 334 g/mol. The largest absolute Gasteiger partial charge is 0.493 e. The summed E-state index contributed by atoms with van der Waals surface area (Å²) in [4.78, 5) is 20.0. The SMILES string of the molecule is CN1CC2CCc3c(cnc(-c4ccc5c(c4)OCC5)cc3=O)[C@H]2C1. The number of benzene rings is 1. The summed E-state index contributed by atoms with van der Waals surface area (Å²) < 4.78 is 5.67. The van der Waals surface area contributed by atoms with E-state index in [4.69, 9.17) is 9.72 Å². The molecule has 1 aromatic heterocycles. The van der Waals surface area contributed by atoms with E-state index in [-0.39, 0.29) is 5.43 Å². The summed E-state index contributed by atoms with van der Waals surface area (Å²) in [6, 6.07) is 7.89. The van der Waals surface area contributed by atoms with Gasteiger partial charge in [0.25, 0.3) is 0 Å². The van der Waals surface area contributed by atoms with Gasteiger partial charge < -0.3 is 9.64 Å². The van der Waals surface area contributed by atoms with Gasteiger partial charge in [0.15, 0.2) is 5.43 Å². The Hall–Kier alpha value is -2.20. The van der Waals surface area contributed by atoms with Gasteiger partial charge in [-0.3, -0.25) is 9.78 Å². The highest BCUT2D eigenvalue weighted by Gasteiger charge is 2.36. The Morgan fingerprint density at radius 1 is 1.20 bits per heavy atom.